The van der Waals surface area contributed by atoms with Gasteiger partial charge >= 0.3 is 5.97 Å². The lowest BCUT2D eigenvalue weighted by molar-refractivity contribution is -0.146. The Morgan fingerprint density at radius 2 is 1.65 bits per heavy atom. The van der Waals surface area contributed by atoms with Gasteiger partial charge in [-0.2, -0.15) is 0 Å². The van der Waals surface area contributed by atoms with Crippen LogP contribution in [0.25, 0.3) is 0 Å². The van der Waals surface area contributed by atoms with Gasteiger partial charge in [0.2, 0.25) is 5.91 Å². The van der Waals surface area contributed by atoms with Crippen LogP contribution in [0, 0.1) is 11.8 Å². The van der Waals surface area contributed by atoms with E-state index in [9.17, 15) is 9.59 Å². The maximum atomic E-state index is 12.0. The Morgan fingerprint density at radius 1 is 1.00 bits per heavy atom. The highest BCUT2D eigenvalue weighted by atomic mass is 16.5. The maximum Gasteiger partial charge on any atom is 0.308 e. The van der Waals surface area contributed by atoms with Gasteiger partial charge in [-0.1, -0.05) is 19.3 Å². The van der Waals surface area contributed by atoms with E-state index < -0.39 is 0 Å². The lowest BCUT2D eigenvalue weighted by atomic mass is 9.85. The molecule has 0 aromatic rings. The molecule has 0 unspecified atom stereocenters. The minimum absolute atomic E-state index is 0.0338. The lowest BCUT2D eigenvalue weighted by Gasteiger charge is -2.28. The Morgan fingerprint density at radius 3 is 2.25 bits per heavy atom. The Hall–Kier alpha value is -1.06. The molecule has 4 nitrogen and oxygen atoms in total. The highest BCUT2D eigenvalue weighted by molar-refractivity contribution is 5.76. The van der Waals surface area contributed by atoms with Crippen LogP contribution in [-0.4, -0.2) is 25.0 Å². The summed E-state index contributed by atoms with van der Waals surface area (Å²) in [5.41, 5.74) is 0. The van der Waals surface area contributed by atoms with Gasteiger partial charge in [-0.3, -0.25) is 9.59 Å². The fraction of sp³-hybridized carbons (Fsp3) is 0.875. The van der Waals surface area contributed by atoms with Crippen molar-refractivity contribution in [1.29, 1.82) is 0 Å². The van der Waals surface area contributed by atoms with Crippen LogP contribution in [0.3, 0.4) is 0 Å². The number of nitrogens with one attached hydrogen (secondary N) is 1. The molecule has 0 bridgehead atoms. The zero-order chi connectivity index (χ0) is 14.4. The molecule has 1 amide bonds. The van der Waals surface area contributed by atoms with Crippen molar-refractivity contribution in [2.45, 2.75) is 70.3 Å². The summed E-state index contributed by atoms with van der Waals surface area (Å²) in [7, 11) is 1.44. The molecule has 0 aromatic carbocycles. The van der Waals surface area contributed by atoms with E-state index in [0.717, 1.165) is 25.7 Å². The number of carbonyl (C=O) groups excluding carboxylic acids is 2. The molecular formula is C16H27NO3. The van der Waals surface area contributed by atoms with E-state index in [4.69, 9.17) is 4.74 Å². The molecule has 1 N–H and O–H groups in total. The first kappa shape index (κ1) is 15.3. The maximum absolute atomic E-state index is 12.0. The van der Waals surface area contributed by atoms with E-state index in [2.05, 4.69) is 5.32 Å². The van der Waals surface area contributed by atoms with Crippen LogP contribution in [0.5, 0.6) is 0 Å². The zero-order valence-electron chi connectivity index (χ0n) is 12.5. The molecule has 114 valence electrons. The first-order chi connectivity index (χ1) is 9.69. The topological polar surface area (TPSA) is 55.4 Å². The van der Waals surface area contributed by atoms with E-state index in [1.54, 1.807) is 0 Å². The van der Waals surface area contributed by atoms with Crippen molar-refractivity contribution in [3.8, 4) is 0 Å². The Bertz CT molecular complexity index is 329. The first-order valence-electron chi connectivity index (χ1n) is 8.06. The smallest absolute Gasteiger partial charge is 0.308 e. The number of ether oxygens (including phenoxy) is 1. The third kappa shape index (κ3) is 4.50. The second-order valence-electron chi connectivity index (χ2n) is 6.35. The number of hydrogen-bond donors (Lipinski definition) is 1. The monoisotopic (exact) mass is 281 g/mol. The molecule has 2 aliphatic rings. The standard InChI is InChI=1S/C16H27NO3/c1-20-16(19)13-7-9-14(10-8-13)17-15(18)11-12-5-3-2-4-6-12/h12-14H,2-11H2,1H3,(H,17,18). The Balaban J connectivity index is 1.66. The average molecular weight is 281 g/mol. The van der Waals surface area contributed by atoms with Gasteiger partial charge in [0, 0.05) is 12.5 Å². The summed E-state index contributed by atoms with van der Waals surface area (Å²) in [5.74, 6) is 0.733. The van der Waals surface area contributed by atoms with Crippen molar-refractivity contribution in [3.05, 3.63) is 0 Å². The first-order valence-corrected chi connectivity index (χ1v) is 8.06. The molecule has 2 fully saturated rings. The highest BCUT2D eigenvalue weighted by Gasteiger charge is 2.28. The fourth-order valence-corrected chi connectivity index (χ4v) is 3.58. The summed E-state index contributed by atoms with van der Waals surface area (Å²) in [6, 6.07) is 0.256. The summed E-state index contributed by atoms with van der Waals surface area (Å²) >= 11 is 0. The van der Waals surface area contributed by atoms with Crippen LogP contribution in [0.4, 0.5) is 0 Å². The van der Waals surface area contributed by atoms with Crippen LogP contribution in [0.2, 0.25) is 0 Å². The summed E-state index contributed by atoms with van der Waals surface area (Å²) in [5, 5.41) is 3.15. The highest BCUT2D eigenvalue weighted by Crippen LogP contribution is 2.28. The molecule has 0 aromatic heterocycles. The third-order valence-corrected chi connectivity index (χ3v) is 4.83. The predicted molar refractivity (Wildman–Crippen MR) is 77.1 cm³/mol. The number of methoxy groups -OCH3 is 1. The van der Waals surface area contributed by atoms with Gasteiger partial charge in [-0.05, 0) is 44.4 Å². The molecule has 4 heteroatoms. The zero-order valence-corrected chi connectivity index (χ0v) is 12.5. The fourth-order valence-electron chi connectivity index (χ4n) is 3.58. The Labute approximate surface area is 121 Å². The van der Waals surface area contributed by atoms with Gasteiger partial charge in [0.25, 0.3) is 0 Å². The molecule has 2 aliphatic carbocycles. The molecular weight excluding hydrogens is 254 g/mol. The molecule has 2 saturated carbocycles. The van der Waals surface area contributed by atoms with Gasteiger partial charge < -0.3 is 10.1 Å². The second kappa shape index (κ2) is 7.65. The summed E-state index contributed by atoms with van der Waals surface area (Å²) in [6.45, 7) is 0. The van der Waals surface area contributed by atoms with Gasteiger partial charge in [0.15, 0.2) is 0 Å². The van der Waals surface area contributed by atoms with Crippen LogP contribution in [0.15, 0.2) is 0 Å². The van der Waals surface area contributed by atoms with Gasteiger partial charge in [0.05, 0.1) is 13.0 Å². The van der Waals surface area contributed by atoms with E-state index in [0.29, 0.717) is 12.3 Å². The van der Waals surface area contributed by atoms with Gasteiger partial charge in [-0.25, -0.2) is 0 Å². The normalized spacial score (nSPS) is 27.9. The number of carbonyl (C=O) groups is 2. The van der Waals surface area contributed by atoms with Crippen molar-refractivity contribution in [3.63, 3.8) is 0 Å². The SMILES string of the molecule is COC(=O)C1CCC(NC(=O)CC2CCCCC2)CC1. The molecule has 0 spiro atoms. The average Bonchev–Trinajstić information content (AvgIpc) is 2.48. The largest absolute Gasteiger partial charge is 0.469 e. The third-order valence-electron chi connectivity index (χ3n) is 4.83. The number of hydrogen-bond acceptors (Lipinski definition) is 3. The van der Waals surface area contributed by atoms with Crippen molar-refractivity contribution in [2.75, 3.05) is 7.11 Å². The number of amides is 1. The molecule has 0 aliphatic heterocycles. The van der Waals surface area contributed by atoms with Crippen LogP contribution < -0.4 is 5.32 Å². The molecule has 0 heterocycles. The van der Waals surface area contributed by atoms with Crippen molar-refractivity contribution < 1.29 is 14.3 Å². The van der Waals surface area contributed by atoms with E-state index in [1.165, 1.54) is 39.2 Å². The molecule has 2 rings (SSSR count). The quantitative estimate of drug-likeness (QED) is 0.806. The van der Waals surface area contributed by atoms with Crippen molar-refractivity contribution in [1.82, 2.24) is 5.32 Å². The van der Waals surface area contributed by atoms with Crippen LogP contribution in [0.1, 0.15) is 64.2 Å². The predicted octanol–water partition coefficient (Wildman–Crippen LogP) is 2.80. The Kier molecular flexibility index (Phi) is 5.86. The van der Waals surface area contributed by atoms with Crippen LogP contribution >= 0.6 is 0 Å². The molecule has 0 atom stereocenters. The second-order valence-corrected chi connectivity index (χ2v) is 6.35. The van der Waals surface area contributed by atoms with Gasteiger partial charge in [0.1, 0.15) is 0 Å². The number of rotatable bonds is 4. The van der Waals surface area contributed by atoms with Crippen LogP contribution in [-0.2, 0) is 14.3 Å². The molecule has 0 radical (unpaired) electrons. The summed E-state index contributed by atoms with van der Waals surface area (Å²) in [4.78, 5) is 23.5. The van der Waals surface area contributed by atoms with E-state index >= 15 is 0 Å². The van der Waals surface area contributed by atoms with Crippen molar-refractivity contribution in [2.24, 2.45) is 11.8 Å². The minimum atomic E-state index is -0.100. The lowest BCUT2D eigenvalue weighted by Crippen LogP contribution is -2.39. The van der Waals surface area contributed by atoms with Crippen molar-refractivity contribution >= 4 is 11.9 Å². The molecule has 0 saturated heterocycles. The summed E-state index contributed by atoms with van der Waals surface area (Å²) in [6.07, 6.45) is 10.5. The van der Waals surface area contributed by atoms with Gasteiger partial charge in [-0.15, -0.1) is 0 Å². The molecule has 20 heavy (non-hydrogen) atoms. The summed E-state index contributed by atoms with van der Waals surface area (Å²) < 4.78 is 4.78. The van der Waals surface area contributed by atoms with E-state index in [-0.39, 0.29) is 23.8 Å². The number of esters is 1. The van der Waals surface area contributed by atoms with E-state index in [1.807, 2.05) is 0 Å². The minimum Gasteiger partial charge on any atom is -0.469 e.